The molecule has 0 aliphatic rings. The van der Waals surface area contributed by atoms with Crippen LogP contribution in [-0.2, 0) is 16.4 Å². The van der Waals surface area contributed by atoms with Crippen LogP contribution in [0.3, 0.4) is 0 Å². The van der Waals surface area contributed by atoms with Gasteiger partial charge in [-0.05, 0) is 20.8 Å². The monoisotopic (exact) mass is 244 g/mol. The minimum atomic E-state index is -3.46. The summed E-state index contributed by atoms with van der Waals surface area (Å²) in [4.78, 5) is 16.0. The Labute approximate surface area is 95.4 Å². The first kappa shape index (κ1) is 12.9. The molecule has 5 nitrogen and oxygen atoms in total. The number of Topliss-reactive ketones (excluding diaryl/α,β-unsaturated/α-hetero) is 1. The van der Waals surface area contributed by atoms with Gasteiger partial charge in [0.1, 0.15) is 4.75 Å². The van der Waals surface area contributed by atoms with Crippen LogP contribution < -0.4 is 0 Å². The predicted octanol–water partition coefficient (Wildman–Crippen LogP) is 0.909. The van der Waals surface area contributed by atoms with Crippen molar-refractivity contribution in [2.75, 3.05) is 6.26 Å². The van der Waals surface area contributed by atoms with Crippen molar-refractivity contribution in [3.63, 3.8) is 0 Å². The second-order valence-electron chi connectivity index (χ2n) is 4.15. The number of hydrogen-bond donors (Lipinski definition) is 0. The van der Waals surface area contributed by atoms with E-state index in [0.717, 1.165) is 6.26 Å². The molecule has 0 fully saturated rings. The molecule has 0 N–H and O–H groups in total. The third-order valence-corrected chi connectivity index (χ3v) is 4.77. The minimum Gasteiger partial charge on any atom is -0.329 e. The summed E-state index contributed by atoms with van der Waals surface area (Å²) in [6.45, 7) is 5.26. The molecule has 1 rings (SSSR count). The average Bonchev–Trinajstić information content (AvgIpc) is 2.62. The van der Waals surface area contributed by atoms with Crippen LogP contribution in [0, 0.1) is 0 Å². The number of imidazole rings is 1. The first-order valence-electron chi connectivity index (χ1n) is 4.97. The van der Waals surface area contributed by atoms with Gasteiger partial charge in [-0.3, -0.25) is 4.79 Å². The molecule has 6 heteroatoms. The highest BCUT2D eigenvalue weighted by Crippen LogP contribution is 2.20. The summed E-state index contributed by atoms with van der Waals surface area (Å²) in [5.74, 6) is -0.278. The van der Waals surface area contributed by atoms with Crippen molar-refractivity contribution in [1.82, 2.24) is 9.55 Å². The lowest BCUT2D eigenvalue weighted by atomic mass is 10.1. The first-order chi connectivity index (χ1) is 7.21. The Morgan fingerprint density at radius 2 is 2.06 bits per heavy atom. The molecule has 1 aromatic heterocycles. The summed E-state index contributed by atoms with van der Waals surface area (Å²) in [6, 6.07) is 0. The van der Waals surface area contributed by atoms with Gasteiger partial charge in [-0.1, -0.05) is 0 Å². The van der Waals surface area contributed by atoms with Gasteiger partial charge in [0.15, 0.2) is 15.7 Å². The van der Waals surface area contributed by atoms with Gasteiger partial charge in [-0.25, -0.2) is 13.4 Å². The van der Waals surface area contributed by atoms with Crippen molar-refractivity contribution in [3.05, 3.63) is 18.2 Å². The summed E-state index contributed by atoms with van der Waals surface area (Å²) in [6.07, 6.45) is 4.21. The molecular formula is C10H16N2O3S. The molecule has 0 spiro atoms. The molecule has 0 atom stereocenters. The molecule has 0 aromatic carbocycles. The van der Waals surface area contributed by atoms with Crippen LogP contribution in [0.25, 0.3) is 0 Å². The fourth-order valence-electron chi connectivity index (χ4n) is 1.21. The van der Waals surface area contributed by atoms with E-state index in [1.807, 2.05) is 6.92 Å². The van der Waals surface area contributed by atoms with Crippen molar-refractivity contribution in [2.24, 2.45) is 0 Å². The number of aromatic nitrogens is 2. The fourth-order valence-corrected chi connectivity index (χ4v) is 1.64. The second-order valence-corrected chi connectivity index (χ2v) is 6.71. The molecule has 1 heterocycles. The number of aryl methyl sites for hydroxylation is 1. The van der Waals surface area contributed by atoms with E-state index >= 15 is 0 Å². The van der Waals surface area contributed by atoms with Crippen LogP contribution in [0.4, 0.5) is 0 Å². The minimum absolute atomic E-state index is 0.193. The Morgan fingerprint density at radius 1 is 1.50 bits per heavy atom. The largest absolute Gasteiger partial charge is 0.329 e. The first-order valence-corrected chi connectivity index (χ1v) is 6.86. The second kappa shape index (κ2) is 4.01. The van der Waals surface area contributed by atoms with Crippen molar-refractivity contribution < 1.29 is 13.2 Å². The highest BCUT2D eigenvalue weighted by atomic mass is 32.2. The number of rotatable bonds is 4. The molecule has 1 aromatic rings. The summed E-state index contributed by atoms with van der Waals surface area (Å²) in [7, 11) is -3.46. The quantitative estimate of drug-likeness (QED) is 0.738. The molecule has 0 amide bonds. The van der Waals surface area contributed by atoms with Crippen molar-refractivity contribution in [2.45, 2.75) is 32.1 Å². The van der Waals surface area contributed by atoms with Crippen LogP contribution >= 0.6 is 0 Å². The van der Waals surface area contributed by atoms with E-state index in [4.69, 9.17) is 0 Å². The van der Waals surface area contributed by atoms with E-state index in [1.54, 1.807) is 10.8 Å². The third kappa shape index (κ3) is 2.02. The van der Waals surface area contributed by atoms with Crippen molar-refractivity contribution >= 4 is 15.6 Å². The smallest absolute Gasteiger partial charge is 0.218 e. The van der Waals surface area contributed by atoms with Gasteiger partial charge in [0, 0.05) is 25.2 Å². The van der Waals surface area contributed by atoms with Gasteiger partial charge in [0.25, 0.3) is 0 Å². The van der Waals surface area contributed by atoms with Gasteiger partial charge < -0.3 is 4.57 Å². The Bertz CT molecular complexity index is 500. The lowest BCUT2D eigenvalue weighted by molar-refractivity contribution is 0.0939. The molecule has 0 saturated carbocycles. The van der Waals surface area contributed by atoms with Crippen LogP contribution in [0.1, 0.15) is 31.4 Å². The molecule has 0 unspecified atom stereocenters. The molecule has 0 aliphatic heterocycles. The standard InChI is InChI=1S/C10H16N2O3S/c1-5-12-7-6-11-9(12)8(13)10(2,3)16(4,14)15/h6-7H,5H2,1-4H3. The maximum atomic E-state index is 12.1. The lowest BCUT2D eigenvalue weighted by Gasteiger charge is -2.20. The molecule has 0 bridgehead atoms. The number of hydrogen-bond acceptors (Lipinski definition) is 4. The number of carbonyl (C=O) groups is 1. The highest BCUT2D eigenvalue weighted by Gasteiger charge is 2.40. The van der Waals surface area contributed by atoms with E-state index in [-0.39, 0.29) is 5.82 Å². The van der Waals surface area contributed by atoms with E-state index in [9.17, 15) is 13.2 Å². The molecule has 16 heavy (non-hydrogen) atoms. The highest BCUT2D eigenvalue weighted by molar-refractivity contribution is 7.92. The number of carbonyl (C=O) groups excluding carboxylic acids is 1. The third-order valence-electron chi connectivity index (χ3n) is 2.73. The fraction of sp³-hybridized carbons (Fsp3) is 0.600. The topological polar surface area (TPSA) is 69.0 Å². The van der Waals surface area contributed by atoms with Crippen LogP contribution in [0.15, 0.2) is 12.4 Å². The normalized spacial score (nSPS) is 12.8. The van der Waals surface area contributed by atoms with Gasteiger partial charge in [0.2, 0.25) is 5.78 Å². The van der Waals surface area contributed by atoms with Crippen LogP contribution in [-0.4, -0.2) is 34.8 Å². The molecule has 0 radical (unpaired) electrons. The average molecular weight is 244 g/mol. The Kier molecular flexibility index (Phi) is 3.23. The summed E-state index contributed by atoms with van der Waals surface area (Å²) >= 11 is 0. The van der Waals surface area contributed by atoms with E-state index < -0.39 is 20.4 Å². The summed E-state index contributed by atoms with van der Waals surface area (Å²) < 4.78 is 23.3. The SMILES string of the molecule is CCn1ccnc1C(=O)C(C)(C)S(C)(=O)=O. The van der Waals surface area contributed by atoms with Crippen molar-refractivity contribution in [3.8, 4) is 0 Å². The predicted molar refractivity (Wildman–Crippen MR) is 61.2 cm³/mol. The van der Waals surface area contributed by atoms with E-state index in [2.05, 4.69) is 4.98 Å². The molecule has 0 saturated heterocycles. The molecule has 0 aliphatic carbocycles. The van der Waals surface area contributed by atoms with Gasteiger partial charge >= 0.3 is 0 Å². The van der Waals surface area contributed by atoms with Gasteiger partial charge in [-0.2, -0.15) is 0 Å². The van der Waals surface area contributed by atoms with Crippen molar-refractivity contribution in [1.29, 1.82) is 0 Å². The number of nitrogens with zero attached hydrogens (tertiary/aromatic N) is 2. The van der Waals surface area contributed by atoms with Gasteiger partial charge in [0.05, 0.1) is 0 Å². The Morgan fingerprint density at radius 3 is 2.50 bits per heavy atom. The van der Waals surface area contributed by atoms with Crippen LogP contribution in [0.5, 0.6) is 0 Å². The summed E-state index contributed by atoms with van der Waals surface area (Å²) in [5, 5.41) is 0. The zero-order chi connectivity index (χ0) is 12.6. The number of ketones is 1. The maximum absolute atomic E-state index is 12.1. The maximum Gasteiger partial charge on any atom is 0.218 e. The molecular weight excluding hydrogens is 228 g/mol. The van der Waals surface area contributed by atoms with Crippen LogP contribution in [0.2, 0.25) is 0 Å². The lowest BCUT2D eigenvalue weighted by Crippen LogP contribution is -2.41. The number of sulfone groups is 1. The zero-order valence-corrected chi connectivity index (χ0v) is 10.7. The summed E-state index contributed by atoms with van der Waals surface area (Å²) in [5.41, 5.74) is 0. The zero-order valence-electron chi connectivity index (χ0n) is 9.89. The van der Waals surface area contributed by atoms with E-state index in [0.29, 0.717) is 6.54 Å². The van der Waals surface area contributed by atoms with Gasteiger partial charge in [-0.15, -0.1) is 0 Å². The Balaban J connectivity index is 3.23. The molecule has 90 valence electrons. The Hall–Kier alpha value is -1.17. The van der Waals surface area contributed by atoms with E-state index in [1.165, 1.54) is 20.0 Å².